The lowest BCUT2D eigenvalue weighted by Gasteiger charge is -2.10. The summed E-state index contributed by atoms with van der Waals surface area (Å²) in [5.41, 5.74) is 0.917. The molecule has 7 heteroatoms. The predicted molar refractivity (Wildman–Crippen MR) is 90.8 cm³/mol. The van der Waals surface area contributed by atoms with E-state index in [1.54, 1.807) is 12.1 Å². The van der Waals surface area contributed by atoms with E-state index in [1.807, 2.05) is 12.1 Å². The molecule has 2 heterocycles. The zero-order valence-electron chi connectivity index (χ0n) is 12.7. The molecule has 2 aromatic rings. The average Bonchev–Trinajstić information content (AvgIpc) is 3.25. The van der Waals surface area contributed by atoms with E-state index in [4.69, 9.17) is 0 Å². The first-order valence-electron chi connectivity index (χ1n) is 8.02. The highest BCUT2D eigenvalue weighted by Crippen LogP contribution is 2.36. The second kappa shape index (κ2) is 5.87. The number of hydrogen-bond donors (Lipinski definition) is 1. The lowest BCUT2D eigenvalue weighted by Crippen LogP contribution is -2.14. The zero-order chi connectivity index (χ0) is 15.9. The predicted octanol–water partition coefficient (Wildman–Crippen LogP) is 3.18. The van der Waals surface area contributed by atoms with Crippen LogP contribution in [0, 0.1) is 0 Å². The van der Waals surface area contributed by atoms with Gasteiger partial charge in [0.25, 0.3) is 0 Å². The van der Waals surface area contributed by atoms with Crippen molar-refractivity contribution >= 4 is 26.5 Å². The number of rotatable bonds is 4. The normalized spacial score (nSPS) is 23.0. The summed E-state index contributed by atoms with van der Waals surface area (Å²) in [5.74, 6) is 1.62. The lowest BCUT2D eigenvalue weighted by molar-refractivity contribution is 0.598. The van der Waals surface area contributed by atoms with Crippen molar-refractivity contribution < 1.29 is 8.42 Å². The molecule has 1 aromatic heterocycles. The number of nitrogens with zero attached hydrogens (tertiary/aromatic N) is 2. The second-order valence-electron chi connectivity index (χ2n) is 6.34. The van der Waals surface area contributed by atoms with Crippen LogP contribution in [0.2, 0.25) is 0 Å². The highest BCUT2D eigenvalue weighted by molar-refractivity contribution is 7.91. The van der Waals surface area contributed by atoms with Gasteiger partial charge < -0.3 is 5.32 Å². The lowest BCUT2D eigenvalue weighted by atomic mass is 10.0. The van der Waals surface area contributed by atoms with Gasteiger partial charge in [-0.1, -0.05) is 31.0 Å². The van der Waals surface area contributed by atoms with E-state index in [0.29, 0.717) is 17.4 Å². The molecule has 0 amide bonds. The minimum atomic E-state index is -3.14. The largest absolute Gasteiger partial charge is 0.360 e. The van der Waals surface area contributed by atoms with Crippen LogP contribution in [0.4, 0.5) is 5.13 Å². The van der Waals surface area contributed by atoms with E-state index in [2.05, 4.69) is 14.7 Å². The van der Waals surface area contributed by atoms with Gasteiger partial charge in [-0.2, -0.15) is 4.37 Å². The molecule has 1 saturated carbocycles. The van der Waals surface area contributed by atoms with Crippen LogP contribution in [0.3, 0.4) is 0 Å². The van der Waals surface area contributed by atoms with Gasteiger partial charge in [0, 0.05) is 29.9 Å². The average molecular weight is 349 g/mol. The van der Waals surface area contributed by atoms with Crippen molar-refractivity contribution in [2.75, 3.05) is 17.6 Å². The third-order valence-electron chi connectivity index (χ3n) is 4.78. The molecule has 0 radical (unpaired) electrons. The summed E-state index contributed by atoms with van der Waals surface area (Å²) in [6.45, 7) is 0.579. The minimum Gasteiger partial charge on any atom is -0.360 e. The Balaban J connectivity index is 1.46. The molecule has 1 fully saturated rings. The molecule has 1 aliphatic heterocycles. The molecule has 0 saturated heterocycles. The molecule has 1 aromatic carbocycles. The number of anilines is 1. The molecule has 1 atom stereocenters. The molecular weight excluding hydrogens is 330 g/mol. The Morgan fingerprint density at radius 3 is 2.83 bits per heavy atom. The standard InChI is InChI=1S/C16H19N3O2S2/c20-23(21)10-12(13-7-3-4-8-14(13)23)9-17-16-18-15(19-22-16)11-5-1-2-6-11/h3-4,7-8,11-12H,1-2,5-6,9-10H2,(H,17,18,19). The van der Waals surface area contributed by atoms with Gasteiger partial charge in [-0.3, -0.25) is 0 Å². The Morgan fingerprint density at radius 1 is 1.22 bits per heavy atom. The molecule has 0 bridgehead atoms. The maximum absolute atomic E-state index is 12.2. The SMILES string of the molecule is O=S1(=O)CC(CNc2nc(C3CCCC3)ns2)c2ccccc21. The van der Waals surface area contributed by atoms with Gasteiger partial charge in [0.1, 0.15) is 5.82 Å². The van der Waals surface area contributed by atoms with E-state index in [9.17, 15) is 8.42 Å². The summed E-state index contributed by atoms with van der Waals surface area (Å²) in [4.78, 5) is 5.07. The quantitative estimate of drug-likeness (QED) is 0.918. The number of fused-ring (bicyclic) bond motifs is 1. The summed E-state index contributed by atoms with van der Waals surface area (Å²) in [7, 11) is -3.14. The molecule has 5 nitrogen and oxygen atoms in total. The van der Waals surface area contributed by atoms with E-state index < -0.39 is 9.84 Å². The van der Waals surface area contributed by atoms with Crippen molar-refractivity contribution in [1.82, 2.24) is 9.36 Å². The third-order valence-corrected chi connectivity index (χ3v) is 7.35. The van der Waals surface area contributed by atoms with Crippen LogP contribution in [-0.2, 0) is 9.84 Å². The summed E-state index contributed by atoms with van der Waals surface area (Å²) >= 11 is 1.38. The molecule has 1 unspecified atom stereocenters. The second-order valence-corrected chi connectivity index (χ2v) is 9.09. The Hall–Kier alpha value is -1.47. The Kier molecular flexibility index (Phi) is 3.85. The van der Waals surface area contributed by atoms with E-state index in [-0.39, 0.29) is 11.7 Å². The fourth-order valence-corrected chi connectivity index (χ4v) is 6.12. The summed E-state index contributed by atoms with van der Waals surface area (Å²) in [5, 5.41) is 4.09. The van der Waals surface area contributed by atoms with Crippen LogP contribution < -0.4 is 5.32 Å². The molecule has 0 spiro atoms. The van der Waals surface area contributed by atoms with Crippen LogP contribution in [0.5, 0.6) is 0 Å². The van der Waals surface area contributed by atoms with Crippen molar-refractivity contribution in [3.8, 4) is 0 Å². The van der Waals surface area contributed by atoms with Gasteiger partial charge in [-0.05, 0) is 24.5 Å². The minimum absolute atomic E-state index is 0.0185. The van der Waals surface area contributed by atoms with Gasteiger partial charge in [-0.25, -0.2) is 13.4 Å². The molecule has 122 valence electrons. The van der Waals surface area contributed by atoms with Crippen LogP contribution in [0.25, 0.3) is 0 Å². The summed E-state index contributed by atoms with van der Waals surface area (Å²) < 4.78 is 28.9. The van der Waals surface area contributed by atoms with Crippen molar-refractivity contribution in [2.24, 2.45) is 0 Å². The zero-order valence-corrected chi connectivity index (χ0v) is 14.4. The van der Waals surface area contributed by atoms with Gasteiger partial charge in [-0.15, -0.1) is 0 Å². The van der Waals surface area contributed by atoms with Crippen LogP contribution in [-0.4, -0.2) is 30.1 Å². The number of nitrogens with one attached hydrogen (secondary N) is 1. The number of benzene rings is 1. The van der Waals surface area contributed by atoms with Crippen LogP contribution in [0.15, 0.2) is 29.2 Å². The maximum atomic E-state index is 12.2. The number of aromatic nitrogens is 2. The van der Waals surface area contributed by atoms with Crippen molar-refractivity contribution in [3.05, 3.63) is 35.7 Å². The van der Waals surface area contributed by atoms with E-state index in [1.165, 1.54) is 37.2 Å². The number of sulfone groups is 1. The van der Waals surface area contributed by atoms with E-state index in [0.717, 1.165) is 16.5 Å². The monoisotopic (exact) mass is 349 g/mol. The molecule has 2 aliphatic rings. The van der Waals surface area contributed by atoms with Gasteiger partial charge in [0.05, 0.1) is 10.6 Å². The first-order chi connectivity index (χ1) is 11.1. The summed E-state index contributed by atoms with van der Waals surface area (Å²) in [6.07, 6.45) is 4.90. The molecule has 23 heavy (non-hydrogen) atoms. The molecule has 4 rings (SSSR count). The molecule has 1 N–H and O–H groups in total. The molecule has 1 aliphatic carbocycles. The van der Waals surface area contributed by atoms with Crippen molar-refractivity contribution in [1.29, 1.82) is 0 Å². The Labute approximate surface area is 140 Å². The molecular formula is C16H19N3O2S2. The van der Waals surface area contributed by atoms with Crippen molar-refractivity contribution in [3.63, 3.8) is 0 Å². The van der Waals surface area contributed by atoms with Gasteiger partial charge in [0.2, 0.25) is 5.13 Å². The van der Waals surface area contributed by atoms with Crippen LogP contribution in [0.1, 0.15) is 48.9 Å². The van der Waals surface area contributed by atoms with Crippen molar-refractivity contribution in [2.45, 2.75) is 42.4 Å². The highest BCUT2D eigenvalue weighted by atomic mass is 32.2. The fraction of sp³-hybridized carbons (Fsp3) is 0.500. The number of hydrogen-bond acceptors (Lipinski definition) is 6. The van der Waals surface area contributed by atoms with Crippen LogP contribution >= 0.6 is 11.5 Å². The first-order valence-corrected chi connectivity index (χ1v) is 10.5. The highest BCUT2D eigenvalue weighted by Gasteiger charge is 2.34. The van der Waals surface area contributed by atoms with Gasteiger partial charge >= 0.3 is 0 Å². The Bertz CT molecular complexity index is 810. The van der Waals surface area contributed by atoms with Gasteiger partial charge in [0.15, 0.2) is 9.84 Å². The third kappa shape index (κ3) is 2.87. The smallest absolute Gasteiger partial charge is 0.202 e. The topological polar surface area (TPSA) is 72.0 Å². The fourth-order valence-electron chi connectivity index (χ4n) is 3.58. The maximum Gasteiger partial charge on any atom is 0.202 e. The Morgan fingerprint density at radius 2 is 2.00 bits per heavy atom. The first kappa shape index (κ1) is 15.1. The summed E-state index contributed by atoms with van der Waals surface area (Å²) in [6, 6.07) is 7.30. The van der Waals surface area contributed by atoms with E-state index >= 15 is 0 Å².